The van der Waals surface area contributed by atoms with Crippen LogP contribution in [-0.2, 0) is 11.3 Å². The van der Waals surface area contributed by atoms with Gasteiger partial charge in [-0.05, 0) is 24.0 Å². The van der Waals surface area contributed by atoms with Crippen molar-refractivity contribution in [2.24, 2.45) is 5.92 Å². The molecule has 1 aliphatic rings. The first-order valence-corrected chi connectivity index (χ1v) is 7.53. The van der Waals surface area contributed by atoms with Crippen molar-refractivity contribution >= 4 is 5.69 Å². The number of hydrogen-bond acceptors (Lipinski definition) is 4. The van der Waals surface area contributed by atoms with Crippen LogP contribution in [0.2, 0.25) is 0 Å². The molecule has 5 heteroatoms. The molecule has 118 valence electrons. The molecule has 0 aliphatic carbocycles. The van der Waals surface area contributed by atoms with Crippen LogP contribution >= 0.6 is 0 Å². The van der Waals surface area contributed by atoms with Crippen molar-refractivity contribution in [1.29, 1.82) is 0 Å². The van der Waals surface area contributed by atoms with Gasteiger partial charge in [0.05, 0.1) is 24.9 Å². The molecule has 0 spiro atoms. The Bertz CT molecular complexity index is 456. The molecule has 1 aromatic rings. The summed E-state index contributed by atoms with van der Waals surface area (Å²) in [6.45, 7) is 4.92. The highest BCUT2D eigenvalue weighted by Crippen LogP contribution is 2.33. The van der Waals surface area contributed by atoms with Crippen LogP contribution in [0.1, 0.15) is 18.9 Å². The number of halogens is 1. The summed E-state index contributed by atoms with van der Waals surface area (Å²) in [6.07, 6.45) is 0.982. The molecule has 0 saturated carbocycles. The van der Waals surface area contributed by atoms with Gasteiger partial charge in [0.15, 0.2) is 0 Å². The largest absolute Gasteiger partial charge is 0.394 e. The van der Waals surface area contributed by atoms with Gasteiger partial charge in [0.1, 0.15) is 5.82 Å². The molecule has 1 fully saturated rings. The summed E-state index contributed by atoms with van der Waals surface area (Å²) in [7, 11) is 1.66. The third kappa shape index (κ3) is 3.73. The molecule has 0 aromatic heterocycles. The van der Waals surface area contributed by atoms with Gasteiger partial charge in [0.25, 0.3) is 0 Å². The van der Waals surface area contributed by atoms with Crippen LogP contribution in [0.4, 0.5) is 10.1 Å². The molecule has 2 unspecified atom stereocenters. The van der Waals surface area contributed by atoms with Crippen LogP contribution in [0, 0.1) is 11.7 Å². The molecular weight excluding hydrogens is 271 g/mol. The summed E-state index contributed by atoms with van der Waals surface area (Å²) in [6, 6.07) is 5.17. The second kappa shape index (κ2) is 7.73. The maximum Gasteiger partial charge on any atom is 0.146 e. The van der Waals surface area contributed by atoms with Gasteiger partial charge in [-0.25, -0.2) is 4.39 Å². The lowest BCUT2D eigenvalue weighted by Crippen LogP contribution is -2.36. The molecule has 2 atom stereocenters. The van der Waals surface area contributed by atoms with Crippen LogP contribution < -0.4 is 10.2 Å². The molecular formula is C16H25FN2O2. The van der Waals surface area contributed by atoms with E-state index in [1.807, 2.05) is 11.0 Å². The molecule has 2 N–H and O–H groups in total. The van der Waals surface area contributed by atoms with E-state index in [-0.39, 0.29) is 18.5 Å². The van der Waals surface area contributed by atoms with E-state index in [1.165, 1.54) is 6.07 Å². The van der Waals surface area contributed by atoms with E-state index in [0.717, 1.165) is 25.1 Å². The second-order valence-electron chi connectivity index (χ2n) is 5.63. The number of para-hydroxylation sites is 1. The molecule has 1 aliphatic heterocycles. The molecule has 0 amide bonds. The summed E-state index contributed by atoms with van der Waals surface area (Å²) >= 11 is 0. The number of nitrogens with zero attached hydrogens (tertiary/aromatic N) is 1. The molecule has 1 heterocycles. The second-order valence-corrected chi connectivity index (χ2v) is 5.63. The lowest BCUT2D eigenvalue weighted by atomic mass is 10.0. The van der Waals surface area contributed by atoms with Gasteiger partial charge in [-0.15, -0.1) is 0 Å². The Hall–Kier alpha value is -1.17. The Kier molecular flexibility index (Phi) is 5.96. The van der Waals surface area contributed by atoms with Crippen molar-refractivity contribution in [3.8, 4) is 0 Å². The fourth-order valence-electron chi connectivity index (χ4n) is 2.99. The number of benzene rings is 1. The number of ether oxygens (including phenoxy) is 1. The van der Waals surface area contributed by atoms with Crippen molar-refractivity contribution < 1.29 is 14.2 Å². The van der Waals surface area contributed by atoms with Crippen LogP contribution in [-0.4, -0.2) is 44.6 Å². The lowest BCUT2D eigenvalue weighted by Gasteiger charge is -2.29. The van der Waals surface area contributed by atoms with Crippen molar-refractivity contribution in [2.75, 3.05) is 38.3 Å². The third-order valence-corrected chi connectivity index (χ3v) is 4.23. The minimum Gasteiger partial charge on any atom is -0.394 e. The Labute approximate surface area is 125 Å². The van der Waals surface area contributed by atoms with Crippen molar-refractivity contribution in [3.63, 3.8) is 0 Å². The maximum atomic E-state index is 14.3. The Morgan fingerprint density at radius 3 is 3.00 bits per heavy atom. The van der Waals surface area contributed by atoms with E-state index < -0.39 is 0 Å². The predicted molar refractivity (Wildman–Crippen MR) is 82.0 cm³/mol. The Morgan fingerprint density at radius 2 is 2.29 bits per heavy atom. The van der Waals surface area contributed by atoms with Gasteiger partial charge >= 0.3 is 0 Å². The molecule has 21 heavy (non-hydrogen) atoms. The quantitative estimate of drug-likeness (QED) is 0.753. The first kappa shape index (κ1) is 16.2. The van der Waals surface area contributed by atoms with Crippen LogP contribution in [0.15, 0.2) is 18.2 Å². The fourth-order valence-corrected chi connectivity index (χ4v) is 2.99. The standard InChI is InChI=1S/C16H25FN2O2/c1-12-6-8-19(15(12)11-20)16-13(4-3-5-14(16)17)10-18-7-9-21-2/h3-5,12,15,18,20H,6-11H2,1-2H3. The molecule has 1 saturated heterocycles. The average molecular weight is 296 g/mol. The van der Waals surface area contributed by atoms with Gasteiger partial charge in [-0.2, -0.15) is 0 Å². The number of aliphatic hydroxyl groups is 1. The first-order valence-electron chi connectivity index (χ1n) is 7.53. The maximum absolute atomic E-state index is 14.3. The fraction of sp³-hybridized carbons (Fsp3) is 0.625. The monoisotopic (exact) mass is 296 g/mol. The highest BCUT2D eigenvalue weighted by molar-refractivity contribution is 5.56. The van der Waals surface area contributed by atoms with Gasteiger partial charge in [-0.1, -0.05) is 19.1 Å². The molecule has 4 nitrogen and oxygen atoms in total. The molecule has 0 radical (unpaired) electrons. The zero-order chi connectivity index (χ0) is 15.2. The zero-order valence-electron chi connectivity index (χ0n) is 12.8. The average Bonchev–Trinajstić information content (AvgIpc) is 2.84. The molecule has 1 aromatic carbocycles. The van der Waals surface area contributed by atoms with Crippen molar-refractivity contribution in [1.82, 2.24) is 5.32 Å². The summed E-state index contributed by atoms with van der Waals surface area (Å²) in [5, 5.41) is 12.9. The highest BCUT2D eigenvalue weighted by atomic mass is 19.1. The van der Waals surface area contributed by atoms with Gasteiger partial charge in [0.2, 0.25) is 0 Å². The number of rotatable bonds is 7. The van der Waals surface area contributed by atoms with E-state index in [1.54, 1.807) is 13.2 Å². The number of nitrogens with one attached hydrogen (secondary N) is 1. The van der Waals surface area contributed by atoms with Crippen LogP contribution in [0.5, 0.6) is 0 Å². The van der Waals surface area contributed by atoms with E-state index in [0.29, 0.717) is 24.8 Å². The number of aliphatic hydroxyl groups excluding tert-OH is 1. The summed E-state index contributed by atoms with van der Waals surface area (Å²) < 4.78 is 19.3. The highest BCUT2D eigenvalue weighted by Gasteiger charge is 2.33. The number of methoxy groups -OCH3 is 1. The predicted octanol–water partition coefficient (Wildman–Crippen LogP) is 1.77. The van der Waals surface area contributed by atoms with Gasteiger partial charge < -0.3 is 20.1 Å². The SMILES string of the molecule is COCCNCc1cccc(F)c1N1CCC(C)C1CO. The van der Waals surface area contributed by atoms with Crippen molar-refractivity contribution in [3.05, 3.63) is 29.6 Å². The van der Waals surface area contributed by atoms with E-state index in [9.17, 15) is 9.50 Å². The minimum atomic E-state index is -0.214. The molecule has 2 rings (SSSR count). The van der Waals surface area contributed by atoms with E-state index >= 15 is 0 Å². The van der Waals surface area contributed by atoms with E-state index in [4.69, 9.17) is 4.74 Å². The topological polar surface area (TPSA) is 44.7 Å². The lowest BCUT2D eigenvalue weighted by molar-refractivity contribution is 0.199. The van der Waals surface area contributed by atoms with Gasteiger partial charge in [0, 0.05) is 26.7 Å². The van der Waals surface area contributed by atoms with Gasteiger partial charge in [-0.3, -0.25) is 0 Å². The summed E-state index contributed by atoms with van der Waals surface area (Å²) in [5.74, 6) is 0.164. The van der Waals surface area contributed by atoms with E-state index in [2.05, 4.69) is 12.2 Å². The number of hydrogen-bond donors (Lipinski definition) is 2. The third-order valence-electron chi connectivity index (χ3n) is 4.23. The molecule has 0 bridgehead atoms. The Balaban J connectivity index is 2.17. The normalized spacial score (nSPS) is 22.0. The van der Waals surface area contributed by atoms with Crippen LogP contribution in [0.3, 0.4) is 0 Å². The minimum absolute atomic E-state index is 0.000347. The Morgan fingerprint density at radius 1 is 1.48 bits per heavy atom. The first-order chi connectivity index (χ1) is 10.2. The number of anilines is 1. The summed E-state index contributed by atoms with van der Waals surface area (Å²) in [4.78, 5) is 2.02. The van der Waals surface area contributed by atoms with Crippen LogP contribution in [0.25, 0.3) is 0 Å². The smallest absolute Gasteiger partial charge is 0.146 e. The zero-order valence-corrected chi connectivity index (χ0v) is 12.8. The van der Waals surface area contributed by atoms with Crippen molar-refractivity contribution in [2.45, 2.75) is 25.9 Å². The summed E-state index contributed by atoms with van der Waals surface area (Å²) in [5.41, 5.74) is 1.56.